The number of carbonyl (C=O) groups excluding carboxylic acids is 2. The van der Waals surface area contributed by atoms with E-state index >= 15 is 0 Å². The molecule has 2 heterocycles. The van der Waals surface area contributed by atoms with Gasteiger partial charge in [0.1, 0.15) is 0 Å². The average Bonchev–Trinajstić information content (AvgIpc) is 2.85. The highest BCUT2D eigenvalue weighted by atomic mass is 16.5. The van der Waals surface area contributed by atoms with E-state index in [-0.39, 0.29) is 30.5 Å². The van der Waals surface area contributed by atoms with Crippen molar-refractivity contribution in [3.8, 4) is 0 Å². The zero-order chi connectivity index (χ0) is 14.5. The van der Waals surface area contributed by atoms with E-state index in [1.165, 1.54) is 0 Å². The van der Waals surface area contributed by atoms with Crippen LogP contribution in [0.3, 0.4) is 0 Å². The number of nitrogens with zero attached hydrogens (tertiary/aromatic N) is 2. The highest BCUT2D eigenvalue weighted by Gasteiger charge is 2.36. The summed E-state index contributed by atoms with van der Waals surface area (Å²) in [6.45, 7) is 1.99. The average molecular weight is 284 g/mol. The molecule has 0 aromatic rings. The second-order valence-corrected chi connectivity index (χ2v) is 5.52. The molecule has 0 unspecified atom stereocenters. The van der Waals surface area contributed by atoms with Gasteiger partial charge in [0.05, 0.1) is 25.3 Å². The first kappa shape index (κ1) is 15.3. The smallest absolute Gasteiger partial charge is 0.242 e. The Morgan fingerprint density at radius 3 is 2.80 bits per heavy atom. The predicted molar refractivity (Wildman–Crippen MR) is 73.2 cm³/mol. The number of rotatable bonds is 5. The van der Waals surface area contributed by atoms with Crippen molar-refractivity contribution in [1.29, 1.82) is 0 Å². The molecule has 2 aliphatic heterocycles. The molecule has 2 rings (SSSR count). The Hall–Kier alpha value is -1.14. The van der Waals surface area contributed by atoms with Crippen molar-refractivity contribution in [3.05, 3.63) is 0 Å². The molecule has 2 saturated heterocycles. The number of carbonyl (C=O) groups is 2. The largest absolute Gasteiger partial charge is 0.383 e. The van der Waals surface area contributed by atoms with Crippen LogP contribution < -0.4 is 0 Å². The lowest BCUT2D eigenvalue weighted by Crippen LogP contribution is -2.47. The van der Waals surface area contributed by atoms with Gasteiger partial charge in [-0.1, -0.05) is 0 Å². The minimum absolute atomic E-state index is 0.00171. The lowest BCUT2D eigenvalue weighted by Gasteiger charge is -2.30. The van der Waals surface area contributed by atoms with Crippen molar-refractivity contribution in [2.24, 2.45) is 0 Å². The Balaban J connectivity index is 1.94. The molecule has 6 heteroatoms. The molecule has 0 aromatic carbocycles. The molecule has 2 atom stereocenters. The fraction of sp³-hybridized carbons (Fsp3) is 0.857. The Morgan fingerprint density at radius 1 is 1.35 bits per heavy atom. The minimum Gasteiger partial charge on any atom is -0.383 e. The summed E-state index contributed by atoms with van der Waals surface area (Å²) < 4.78 is 10.5. The molecule has 114 valence electrons. The number of likely N-dealkylation sites (tertiary alicyclic amines) is 2. The molecule has 0 saturated carbocycles. The summed E-state index contributed by atoms with van der Waals surface area (Å²) in [5.74, 6) is 0.0947. The maximum atomic E-state index is 12.4. The molecule has 0 aliphatic carbocycles. The SMILES string of the molecule is COC[C@@H]1C[C@@H](OC)CN1C(=O)CN1CCCCC1=O. The van der Waals surface area contributed by atoms with E-state index in [9.17, 15) is 9.59 Å². The molecule has 0 bridgehead atoms. The third-order valence-corrected chi connectivity index (χ3v) is 4.14. The Morgan fingerprint density at radius 2 is 2.15 bits per heavy atom. The van der Waals surface area contributed by atoms with Crippen LogP contribution in [0, 0.1) is 0 Å². The minimum atomic E-state index is 0.00171. The van der Waals surface area contributed by atoms with E-state index < -0.39 is 0 Å². The van der Waals surface area contributed by atoms with Gasteiger partial charge >= 0.3 is 0 Å². The first-order valence-corrected chi connectivity index (χ1v) is 7.24. The van der Waals surface area contributed by atoms with Crippen molar-refractivity contribution in [2.75, 3.05) is 40.5 Å². The predicted octanol–water partition coefficient (Wildman–Crippen LogP) is 0.261. The summed E-state index contributed by atoms with van der Waals surface area (Å²) in [6.07, 6.45) is 3.35. The van der Waals surface area contributed by atoms with Crippen LogP contribution in [0.2, 0.25) is 0 Å². The lowest BCUT2D eigenvalue weighted by atomic mass is 10.1. The van der Waals surface area contributed by atoms with Crippen LogP contribution in [0.1, 0.15) is 25.7 Å². The van der Waals surface area contributed by atoms with Gasteiger partial charge in [-0.2, -0.15) is 0 Å². The first-order valence-electron chi connectivity index (χ1n) is 7.24. The van der Waals surface area contributed by atoms with Gasteiger partial charge < -0.3 is 19.3 Å². The van der Waals surface area contributed by atoms with Crippen LogP contribution in [0.5, 0.6) is 0 Å². The molecule has 20 heavy (non-hydrogen) atoms. The van der Waals surface area contributed by atoms with Gasteiger partial charge in [-0.3, -0.25) is 9.59 Å². The van der Waals surface area contributed by atoms with Crippen molar-refractivity contribution in [3.63, 3.8) is 0 Å². The Labute approximate surface area is 120 Å². The summed E-state index contributed by atoms with van der Waals surface area (Å²) in [4.78, 5) is 27.7. The van der Waals surface area contributed by atoms with Crippen molar-refractivity contribution in [1.82, 2.24) is 9.80 Å². The number of hydrogen-bond acceptors (Lipinski definition) is 4. The monoisotopic (exact) mass is 284 g/mol. The summed E-state index contributed by atoms with van der Waals surface area (Å²) in [5, 5.41) is 0. The van der Waals surface area contributed by atoms with E-state index in [0.717, 1.165) is 19.3 Å². The molecule has 0 radical (unpaired) electrons. The van der Waals surface area contributed by atoms with Gasteiger partial charge in [-0.15, -0.1) is 0 Å². The van der Waals surface area contributed by atoms with Crippen LogP contribution in [-0.2, 0) is 19.1 Å². The van der Waals surface area contributed by atoms with Crippen LogP contribution in [0.15, 0.2) is 0 Å². The highest BCUT2D eigenvalue weighted by Crippen LogP contribution is 2.21. The normalized spacial score (nSPS) is 27.2. The standard InChI is InChI=1S/C14H24N2O4/c1-19-10-11-7-12(20-2)8-16(11)14(18)9-15-6-4-3-5-13(15)17/h11-12H,3-10H2,1-2H3/t11-,12+/m0/s1. The second-order valence-electron chi connectivity index (χ2n) is 5.52. The van der Waals surface area contributed by atoms with Crippen molar-refractivity contribution in [2.45, 2.75) is 37.8 Å². The van der Waals surface area contributed by atoms with Crippen LogP contribution in [-0.4, -0.2) is 74.2 Å². The molecule has 2 fully saturated rings. The maximum Gasteiger partial charge on any atom is 0.242 e. The maximum absolute atomic E-state index is 12.4. The van der Waals surface area contributed by atoms with Gasteiger partial charge in [0.15, 0.2) is 0 Å². The van der Waals surface area contributed by atoms with Crippen LogP contribution in [0.4, 0.5) is 0 Å². The van der Waals surface area contributed by atoms with E-state index in [1.807, 2.05) is 0 Å². The van der Waals surface area contributed by atoms with E-state index in [4.69, 9.17) is 9.47 Å². The molecule has 6 nitrogen and oxygen atoms in total. The molecule has 2 amide bonds. The number of methoxy groups -OCH3 is 2. The second kappa shape index (κ2) is 7.04. The molecular weight excluding hydrogens is 260 g/mol. The summed E-state index contributed by atoms with van der Waals surface area (Å²) in [5.41, 5.74) is 0. The van der Waals surface area contributed by atoms with Crippen molar-refractivity contribution < 1.29 is 19.1 Å². The van der Waals surface area contributed by atoms with Gasteiger partial charge in [-0.25, -0.2) is 0 Å². The van der Waals surface area contributed by atoms with E-state index in [0.29, 0.717) is 26.1 Å². The molecule has 0 N–H and O–H groups in total. The zero-order valence-corrected chi connectivity index (χ0v) is 12.3. The summed E-state index contributed by atoms with van der Waals surface area (Å²) >= 11 is 0. The fourth-order valence-corrected chi connectivity index (χ4v) is 2.98. The topological polar surface area (TPSA) is 59.1 Å². The number of hydrogen-bond donors (Lipinski definition) is 0. The number of amides is 2. The summed E-state index contributed by atoms with van der Waals surface area (Å²) in [7, 11) is 3.30. The van der Waals surface area contributed by atoms with Gasteiger partial charge in [0, 0.05) is 33.7 Å². The molecular formula is C14H24N2O4. The van der Waals surface area contributed by atoms with Crippen LogP contribution in [0.25, 0.3) is 0 Å². The number of ether oxygens (including phenoxy) is 2. The number of piperidine rings is 1. The lowest BCUT2D eigenvalue weighted by molar-refractivity contribution is -0.143. The Kier molecular flexibility index (Phi) is 5.37. The summed E-state index contributed by atoms with van der Waals surface area (Å²) in [6, 6.07) is 0.0531. The van der Waals surface area contributed by atoms with E-state index in [1.54, 1.807) is 24.0 Å². The quantitative estimate of drug-likeness (QED) is 0.727. The van der Waals surface area contributed by atoms with Gasteiger partial charge in [-0.05, 0) is 19.3 Å². The van der Waals surface area contributed by atoms with E-state index in [2.05, 4.69) is 0 Å². The zero-order valence-electron chi connectivity index (χ0n) is 12.3. The van der Waals surface area contributed by atoms with Gasteiger partial charge in [0.25, 0.3) is 0 Å². The Bertz CT molecular complexity index is 361. The van der Waals surface area contributed by atoms with Crippen LogP contribution >= 0.6 is 0 Å². The third-order valence-electron chi connectivity index (χ3n) is 4.14. The first-order chi connectivity index (χ1) is 9.65. The molecule has 0 spiro atoms. The molecule has 2 aliphatic rings. The third kappa shape index (κ3) is 3.49. The fourth-order valence-electron chi connectivity index (χ4n) is 2.98. The highest BCUT2D eigenvalue weighted by molar-refractivity contribution is 5.85. The van der Waals surface area contributed by atoms with Gasteiger partial charge in [0.2, 0.25) is 11.8 Å². The molecule has 0 aromatic heterocycles. The van der Waals surface area contributed by atoms with Crippen molar-refractivity contribution >= 4 is 11.8 Å².